The van der Waals surface area contributed by atoms with Gasteiger partial charge in [0.15, 0.2) is 0 Å². The van der Waals surface area contributed by atoms with Crippen LogP contribution in [0.25, 0.3) is 0 Å². The maximum Gasteiger partial charge on any atom is 0.139 e. The van der Waals surface area contributed by atoms with Crippen molar-refractivity contribution in [2.75, 3.05) is 13.1 Å². The number of hydrogen-bond acceptors (Lipinski definition) is 2. The largest absolute Gasteiger partial charge is 0.330 e. The van der Waals surface area contributed by atoms with Crippen molar-refractivity contribution >= 4 is 41.0 Å². The maximum atomic E-state index is 5.69. The lowest BCUT2D eigenvalue weighted by Crippen LogP contribution is -2.08. The van der Waals surface area contributed by atoms with Crippen LogP contribution in [0.4, 0.5) is 0 Å². The van der Waals surface area contributed by atoms with E-state index in [0.29, 0.717) is 13.1 Å². The molecular formula is C26H23BBrClN2. The Morgan fingerprint density at radius 1 is 0.806 bits per heavy atom. The monoisotopic (exact) mass is 488 g/mol. The van der Waals surface area contributed by atoms with Crippen molar-refractivity contribution in [1.29, 1.82) is 0 Å². The normalized spacial score (nSPS) is 10.0. The minimum absolute atomic E-state index is 0.639. The zero-order chi connectivity index (χ0) is 22.1. The third-order valence-corrected chi connectivity index (χ3v) is 5.25. The van der Waals surface area contributed by atoms with Crippen LogP contribution in [0, 0.1) is 23.7 Å². The van der Waals surface area contributed by atoms with Crippen molar-refractivity contribution in [2.24, 2.45) is 5.73 Å². The molecule has 3 N–H and O–H groups in total. The molecule has 0 atom stereocenters. The van der Waals surface area contributed by atoms with Gasteiger partial charge in [0.05, 0.1) is 0 Å². The number of rotatable bonds is 5. The highest BCUT2D eigenvalue weighted by Gasteiger charge is 1.99. The first-order chi connectivity index (χ1) is 15.1. The van der Waals surface area contributed by atoms with Gasteiger partial charge in [-0.1, -0.05) is 63.3 Å². The summed E-state index contributed by atoms with van der Waals surface area (Å²) in [5.74, 6) is 13.0. The summed E-state index contributed by atoms with van der Waals surface area (Å²) < 4.78 is 1.01. The zero-order valence-corrected chi connectivity index (χ0v) is 19.8. The summed E-state index contributed by atoms with van der Waals surface area (Å²) in [6.45, 7) is 1.35. The quantitative estimate of drug-likeness (QED) is 0.328. The summed E-state index contributed by atoms with van der Waals surface area (Å²) >= 11 is 9.13. The molecule has 0 amide bonds. The minimum Gasteiger partial charge on any atom is -0.330 e. The molecule has 0 aliphatic heterocycles. The Labute approximate surface area is 199 Å². The van der Waals surface area contributed by atoms with Gasteiger partial charge in [-0.3, -0.25) is 0 Å². The van der Waals surface area contributed by atoms with E-state index in [1.165, 1.54) is 16.6 Å². The topological polar surface area (TPSA) is 38.0 Å². The summed E-state index contributed by atoms with van der Waals surface area (Å²) in [5.41, 5.74) is 13.1. The van der Waals surface area contributed by atoms with Crippen LogP contribution >= 0.6 is 27.7 Å². The van der Waals surface area contributed by atoms with Crippen LogP contribution in [0.3, 0.4) is 0 Å². The predicted molar refractivity (Wildman–Crippen MR) is 137 cm³/mol. The molecule has 154 valence electrons. The fraction of sp³-hybridized carbons (Fsp3) is 0.154. The van der Waals surface area contributed by atoms with Crippen LogP contribution < -0.4 is 16.0 Å². The van der Waals surface area contributed by atoms with E-state index in [1.54, 1.807) is 0 Å². The first kappa shape index (κ1) is 23.2. The lowest BCUT2D eigenvalue weighted by molar-refractivity contribution is 0.898. The van der Waals surface area contributed by atoms with E-state index in [1.807, 2.05) is 30.3 Å². The van der Waals surface area contributed by atoms with Crippen molar-refractivity contribution in [2.45, 2.75) is 12.8 Å². The van der Waals surface area contributed by atoms with E-state index in [4.69, 9.17) is 17.5 Å². The van der Waals surface area contributed by atoms with E-state index in [9.17, 15) is 0 Å². The van der Waals surface area contributed by atoms with Gasteiger partial charge < -0.3 is 5.73 Å². The van der Waals surface area contributed by atoms with Gasteiger partial charge in [0.1, 0.15) is 7.85 Å². The molecule has 0 heterocycles. The Bertz CT molecular complexity index is 1190. The van der Waals surface area contributed by atoms with Crippen molar-refractivity contribution < 1.29 is 0 Å². The number of benzene rings is 3. The van der Waals surface area contributed by atoms with E-state index in [0.717, 1.165) is 39.6 Å². The van der Waals surface area contributed by atoms with E-state index < -0.39 is 0 Å². The molecule has 2 nitrogen and oxygen atoms in total. The van der Waals surface area contributed by atoms with Gasteiger partial charge in [0, 0.05) is 33.3 Å². The van der Waals surface area contributed by atoms with Crippen molar-refractivity contribution in [1.82, 2.24) is 4.84 Å². The van der Waals surface area contributed by atoms with Crippen molar-refractivity contribution in [3.05, 3.63) is 98.5 Å². The van der Waals surface area contributed by atoms with Gasteiger partial charge in [0.2, 0.25) is 0 Å². The summed E-state index contributed by atoms with van der Waals surface area (Å²) in [4.78, 5) is 2.66. The fourth-order valence-electron chi connectivity index (χ4n) is 3.27. The third kappa shape index (κ3) is 7.62. The molecule has 3 aromatic rings. The SMILES string of the molecule is Bc1cc(C#Cc2cccc(C#Cc3cc(Br)cc(CCNCl)c3)c2)cc(CCN)c1. The van der Waals surface area contributed by atoms with Gasteiger partial charge in [-0.05, 0) is 84.8 Å². The maximum absolute atomic E-state index is 5.69. The number of nitrogens with one attached hydrogen (secondary N) is 1. The van der Waals surface area contributed by atoms with Crippen LogP contribution in [-0.2, 0) is 12.8 Å². The molecule has 0 radical (unpaired) electrons. The van der Waals surface area contributed by atoms with Crippen LogP contribution in [0.5, 0.6) is 0 Å². The molecule has 5 heteroatoms. The summed E-state index contributed by atoms with van der Waals surface area (Å²) in [7, 11) is 2.08. The molecule has 0 aliphatic carbocycles. The van der Waals surface area contributed by atoms with E-state index in [-0.39, 0.29) is 0 Å². The standard InChI is InChI=1S/C26H23BBrClN2/c27-25-15-21(13-23(16-25)8-10-30)6-4-19-2-1-3-20(12-19)5-7-22-14-24(9-11-31-29)18-26(28)17-22/h1-3,12-18,31H,8-11,27,30H2. The van der Waals surface area contributed by atoms with Crippen LogP contribution in [0.15, 0.2) is 65.1 Å². The molecule has 0 saturated carbocycles. The highest BCUT2D eigenvalue weighted by atomic mass is 79.9. The van der Waals surface area contributed by atoms with Gasteiger partial charge in [0.25, 0.3) is 0 Å². The average Bonchev–Trinajstić information content (AvgIpc) is 2.75. The Morgan fingerprint density at radius 3 is 2.06 bits per heavy atom. The van der Waals surface area contributed by atoms with Gasteiger partial charge in [-0.25, -0.2) is 4.84 Å². The Morgan fingerprint density at radius 2 is 1.42 bits per heavy atom. The third-order valence-electron chi connectivity index (χ3n) is 4.60. The summed E-state index contributed by atoms with van der Waals surface area (Å²) in [6, 6.07) is 20.6. The number of nitrogens with two attached hydrogens (primary N) is 1. The van der Waals surface area contributed by atoms with E-state index in [2.05, 4.69) is 82.6 Å². The van der Waals surface area contributed by atoms with Crippen molar-refractivity contribution in [3.8, 4) is 23.7 Å². The fourth-order valence-corrected chi connectivity index (χ4v) is 3.90. The first-order valence-electron chi connectivity index (χ1n) is 10.1. The number of halogens is 2. The second-order valence-electron chi connectivity index (χ2n) is 7.31. The number of hydrogen-bond donors (Lipinski definition) is 2. The molecule has 31 heavy (non-hydrogen) atoms. The molecule has 0 fully saturated rings. The second-order valence-corrected chi connectivity index (χ2v) is 8.49. The lowest BCUT2D eigenvalue weighted by atomic mass is 9.91. The smallest absolute Gasteiger partial charge is 0.139 e. The minimum atomic E-state index is 0.639. The van der Waals surface area contributed by atoms with Crippen LogP contribution in [-0.4, -0.2) is 20.9 Å². The molecule has 0 aliphatic rings. The molecule has 0 aromatic heterocycles. The predicted octanol–water partition coefficient (Wildman–Crippen LogP) is 3.29. The molecule has 3 rings (SSSR count). The molecule has 0 unspecified atom stereocenters. The second kappa shape index (κ2) is 11.8. The Balaban J connectivity index is 1.80. The highest BCUT2D eigenvalue weighted by Crippen LogP contribution is 2.16. The average molecular weight is 490 g/mol. The molecule has 0 saturated heterocycles. The zero-order valence-electron chi connectivity index (χ0n) is 17.4. The Kier molecular flexibility index (Phi) is 8.83. The van der Waals surface area contributed by atoms with Crippen molar-refractivity contribution in [3.63, 3.8) is 0 Å². The van der Waals surface area contributed by atoms with Crippen LogP contribution in [0.1, 0.15) is 33.4 Å². The van der Waals surface area contributed by atoms with Gasteiger partial charge in [-0.15, -0.1) is 0 Å². The van der Waals surface area contributed by atoms with Gasteiger partial charge in [-0.2, -0.15) is 0 Å². The lowest BCUT2D eigenvalue weighted by Gasteiger charge is -2.02. The molecule has 3 aromatic carbocycles. The summed E-state index contributed by atoms with van der Waals surface area (Å²) in [6.07, 6.45) is 1.70. The Hall–Kier alpha value is -2.47. The highest BCUT2D eigenvalue weighted by molar-refractivity contribution is 9.10. The van der Waals surface area contributed by atoms with Crippen LogP contribution in [0.2, 0.25) is 0 Å². The van der Waals surface area contributed by atoms with Gasteiger partial charge >= 0.3 is 0 Å². The molecule has 0 bridgehead atoms. The molecule has 0 spiro atoms. The van der Waals surface area contributed by atoms with E-state index >= 15 is 0 Å². The first-order valence-corrected chi connectivity index (χ1v) is 11.3. The summed E-state index contributed by atoms with van der Waals surface area (Å²) in [5, 5.41) is 0. The molecular weight excluding hydrogens is 466 g/mol.